The Labute approximate surface area is 82.2 Å². The molecule has 0 saturated carbocycles. The number of hydrogen-bond donors (Lipinski definition) is 2. The first-order valence-corrected chi connectivity index (χ1v) is 4.77. The van der Waals surface area contributed by atoms with Crippen molar-refractivity contribution in [3.05, 3.63) is 0 Å². The zero-order valence-corrected chi connectivity index (χ0v) is 8.13. The fourth-order valence-corrected chi connectivity index (χ4v) is 2.33. The minimum atomic E-state index is -0.614. The van der Waals surface area contributed by atoms with Gasteiger partial charge in [-0.1, -0.05) is 0 Å². The van der Waals surface area contributed by atoms with Gasteiger partial charge in [0.1, 0.15) is 0 Å². The summed E-state index contributed by atoms with van der Waals surface area (Å²) < 4.78 is 5.27. The fraction of sp³-hybridized carbons (Fsp3) is 0.778. The van der Waals surface area contributed by atoms with Crippen LogP contribution in [0, 0.1) is 5.41 Å². The van der Waals surface area contributed by atoms with E-state index in [1.165, 1.54) is 0 Å². The molecular weight excluding hydrogens is 184 g/mol. The van der Waals surface area contributed by atoms with E-state index in [1.54, 1.807) is 7.11 Å². The molecule has 78 valence electrons. The molecule has 2 atom stereocenters. The average molecular weight is 198 g/mol. The lowest BCUT2D eigenvalue weighted by Gasteiger charge is -2.37. The van der Waals surface area contributed by atoms with Gasteiger partial charge in [0.15, 0.2) is 0 Å². The molecule has 14 heavy (non-hydrogen) atoms. The van der Waals surface area contributed by atoms with Crippen LogP contribution in [-0.2, 0) is 14.3 Å². The lowest BCUT2D eigenvalue weighted by molar-refractivity contribution is -0.137. The van der Waals surface area contributed by atoms with Crippen LogP contribution in [0.25, 0.3) is 0 Å². The van der Waals surface area contributed by atoms with Crippen LogP contribution in [0.15, 0.2) is 0 Å². The predicted molar refractivity (Wildman–Crippen MR) is 48.5 cm³/mol. The van der Waals surface area contributed by atoms with Crippen LogP contribution in [0.2, 0.25) is 0 Å². The Hall–Kier alpha value is -0.940. The van der Waals surface area contributed by atoms with Crippen molar-refractivity contribution in [1.82, 2.24) is 10.6 Å². The number of carbonyl (C=O) groups is 2. The quantitative estimate of drug-likeness (QED) is 0.532. The molecule has 2 amide bonds. The molecule has 2 fully saturated rings. The van der Waals surface area contributed by atoms with Gasteiger partial charge in [-0.25, -0.2) is 0 Å². The standard InChI is InChI=1S/C9H14N2O3/c1-14-6-5-10-3-2-9(6)4-7(12)11-8(9)13/h6,10H,2-5H2,1H3,(H,11,12,13). The molecule has 5 nitrogen and oxygen atoms in total. The second kappa shape index (κ2) is 3.33. The first-order valence-electron chi connectivity index (χ1n) is 4.77. The maximum atomic E-state index is 11.7. The highest BCUT2D eigenvalue weighted by Gasteiger charge is 2.53. The van der Waals surface area contributed by atoms with Gasteiger partial charge in [-0.3, -0.25) is 14.9 Å². The summed E-state index contributed by atoms with van der Waals surface area (Å²) in [6.07, 6.45) is 0.748. The molecule has 2 unspecified atom stereocenters. The normalized spacial score (nSPS) is 37.6. The van der Waals surface area contributed by atoms with Crippen LogP contribution in [0.1, 0.15) is 12.8 Å². The van der Waals surface area contributed by atoms with Crippen LogP contribution in [0.4, 0.5) is 0 Å². The van der Waals surface area contributed by atoms with E-state index >= 15 is 0 Å². The van der Waals surface area contributed by atoms with Crippen molar-refractivity contribution in [2.45, 2.75) is 18.9 Å². The molecule has 5 heteroatoms. The molecule has 2 aliphatic heterocycles. The van der Waals surface area contributed by atoms with Gasteiger partial charge >= 0.3 is 0 Å². The summed E-state index contributed by atoms with van der Waals surface area (Å²) in [6.45, 7) is 1.40. The SMILES string of the molecule is COC1CNCCC12CC(=O)NC2=O. The van der Waals surface area contributed by atoms with E-state index in [0.717, 1.165) is 6.54 Å². The Morgan fingerprint density at radius 3 is 2.86 bits per heavy atom. The number of imide groups is 1. The van der Waals surface area contributed by atoms with E-state index in [0.29, 0.717) is 13.0 Å². The van der Waals surface area contributed by atoms with Gasteiger partial charge in [-0.05, 0) is 13.0 Å². The third-order valence-corrected chi connectivity index (χ3v) is 3.16. The molecule has 0 bridgehead atoms. The van der Waals surface area contributed by atoms with E-state index in [4.69, 9.17) is 4.74 Å². The Bertz CT molecular complexity index is 279. The molecular formula is C9H14N2O3. The van der Waals surface area contributed by atoms with E-state index in [9.17, 15) is 9.59 Å². The van der Waals surface area contributed by atoms with Gasteiger partial charge in [0.25, 0.3) is 0 Å². The van der Waals surface area contributed by atoms with Crippen LogP contribution >= 0.6 is 0 Å². The van der Waals surface area contributed by atoms with Gasteiger partial charge in [-0.15, -0.1) is 0 Å². The van der Waals surface area contributed by atoms with Crippen molar-refractivity contribution >= 4 is 11.8 Å². The molecule has 2 heterocycles. The van der Waals surface area contributed by atoms with Crippen molar-refractivity contribution in [2.75, 3.05) is 20.2 Å². The topological polar surface area (TPSA) is 67.4 Å². The summed E-state index contributed by atoms with van der Waals surface area (Å²) in [6, 6.07) is 0. The molecule has 0 radical (unpaired) electrons. The van der Waals surface area contributed by atoms with Crippen molar-refractivity contribution in [2.24, 2.45) is 5.41 Å². The van der Waals surface area contributed by atoms with Gasteiger partial charge in [0.2, 0.25) is 11.8 Å². The minimum absolute atomic E-state index is 0.171. The zero-order valence-electron chi connectivity index (χ0n) is 8.13. The Morgan fingerprint density at radius 1 is 1.50 bits per heavy atom. The van der Waals surface area contributed by atoms with E-state index in [1.807, 2.05) is 0 Å². The van der Waals surface area contributed by atoms with Crippen LogP contribution in [-0.4, -0.2) is 38.1 Å². The molecule has 2 aliphatic rings. The second-order valence-electron chi connectivity index (χ2n) is 3.89. The summed E-state index contributed by atoms with van der Waals surface area (Å²) in [4.78, 5) is 22.9. The fourth-order valence-electron chi connectivity index (χ4n) is 2.33. The number of methoxy groups -OCH3 is 1. The largest absolute Gasteiger partial charge is 0.379 e. The molecule has 2 rings (SSSR count). The lowest BCUT2D eigenvalue weighted by Crippen LogP contribution is -2.53. The maximum Gasteiger partial charge on any atom is 0.236 e. The third kappa shape index (κ3) is 1.24. The highest BCUT2D eigenvalue weighted by atomic mass is 16.5. The van der Waals surface area contributed by atoms with E-state index in [2.05, 4.69) is 10.6 Å². The smallest absolute Gasteiger partial charge is 0.236 e. The number of piperidine rings is 1. The molecule has 0 aromatic heterocycles. The number of ether oxygens (including phenoxy) is 1. The number of carbonyl (C=O) groups excluding carboxylic acids is 2. The van der Waals surface area contributed by atoms with Crippen molar-refractivity contribution in [3.63, 3.8) is 0 Å². The van der Waals surface area contributed by atoms with Crippen LogP contribution in [0.5, 0.6) is 0 Å². The first kappa shape index (κ1) is 9.61. The Balaban J connectivity index is 2.26. The van der Waals surface area contributed by atoms with Crippen molar-refractivity contribution < 1.29 is 14.3 Å². The summed E-state index contributed by atoms with van der Waals surface area (Å²) in [5.74, 6) is -0.352. The first-order chi connectivity index (χ1) is 6.69. The molecule has 0 aromatic carbocycles. The average Bonchev–Trinajstić information content (AvgIpc) is 2.43. The lowest BCUT2D eigenvalue weighted by atomic mass is 9.75. The summed E-state index contributed by atoms with van der Waals surface area (Å²) in [5, 5.41) is 5.51. The summed E-state index contributed by atoms with van der Waals surface area (Å²) in [7, 11) is 1.58. The Morgan fingerprint density at radius 2 is 2.29 bits per heavy atom. The number of amides is 2. The van der Waals surface area contributed by atoms with Gasteiger partial charge < -0.3 is 10.1 Å². The van der Waals surface area contributed by atoms with Crippen molar-refractivity contribution in [3.8, 4) is 0 Å². The number of hydrogen-bond acceptors (Lipinski definition) is 4. The summed E-state index contributed by atoms with van der Waals surface area (Å²) >= 11 is 0. The highest BCUT2D eigenvalue weighted by Crippen LogP contribution is 2.38. The highest BCUT2D eigenvalue weighted by molar-refractivity contribution is 6.06. The molecule has 0 aromatic rings. The molecule has 1 spiro atoms. The monoisotopic (exact) mass is 198 g/mol. The van der Waals surface area contributed by atoms with Gasteiger partial charge in [0.05, 0.1) is 11.5 Å². The van der Waals surface area contributed by atoms with E-state index < -0.39 is 5.41 Å². The summed E-state index contributed by atoms with van der Waals surface area (Å²) in [5.41, 5.74) is -0.614. The van der Waals surface area contributed by atoms with Crippen molar-refractivity contribution in [1.29, 1.82) is 0 Å². The van der Waals surface area contributed by atoms with Gasteiger partial charge in [-0.2, -0.15) is 0 Å². The molecule has 0 aliphatic carbocycles. The third-order valence-electron chi connectivity index (χ3n) is 3.16. The predicted octanol–water partition coefficient (Wildman–Crippen LogP) is -0.972. The molecule has 2 saturated heterocycles. The molecule has 2 N–H and O–H groups in total. The minimum Gasteiger partial charge on any atom is -0.379 e. The van der Waals surface area contributed by atoms with Crippen LogP contribution in [0.3, 0.4) is 0 Å². The van der Waals surface area contributed by atoms with Gasteiger partial charge in [0, 0.05) is 20.1 Å². The van der Waals surface area contributed by atoms with Crippen LogP contribution < -0.4 is 10.6 Å². The number of nitrogens with one attached hydrogen (secondary N) is 2. The number of rotatable bonds is 1. The Kier molecular flexibility index (Phi) is 2.28. The van der Waals surface area contributed by atoms with E-state index in [-0.39, 0.29) is 24.3 Å². The second-order valence-corrected chi connectivity index (χ2v) is 3.89. The maximum absolute atomic E-state index is 11.7. The zero-order chi connectivity index (χ0) is 10.2.